The number of hydrogen-bond donors (Lipinski definition) is 1. The van der Waals surface area contributed by atoms with Gasteiger partial charge in [-0.25, -0.2) is 4.72 Å². The maximum absolute atomic E-state index is 11.6. The van der Waals surface area contributed by atoms with E-state index in [0.717, 1.165) is 0 Å². The summed E-state index contributed by atoms with van der Waals surface area (Å²) in [6.07, 6.45) is 0.564. The summed E-state index contributed by atoms with van der Waals surface area (Å²) in [5.74, 6) is -0.965. The fourth-order valence-corrected chi connectivity index (χ4v) is 2.96. The van der Waals surface area contributed by atoms with Crippen LogP contribution in [-0.4, -0.2) is 14.3 Å². The smallest absolute Gasteiger partial charge is 0.364 e. The fraction of sp³-hybridized carbons (Fsp3) is 0.300. The first kappa shape index (κ1) is 16.4. The monoisotopic (exact) mass is 345 g/mol. The SMILES string of the molecule is CCCC(=O)NS(=O)(=O)Oc1c(Cl)cc(Cl)cc1Cl. The van der Waals surface area contributed by atoms with Crippen molar-refractivity contribution in [1.29, 1.82) is 0 Å². The zero-order valence-electron chi connectivity index (χ0n) is 9.74. The predicted molar refractivity (Wildman–Crippen MR) is 74.1 cm³/mol. The van der Waals surface area contributed by atoms with Gasteiger partial charge in [0, 0.05) is 11.4 Å². The highest BCUT2D eigenvalue weighted by Gasteiger charge is 2.20. The van der Waals surface area contributed by atoms with Gasteiger partial charge in [-0.15, -0.1) is 0 Å². The van der Waals surface area contributed by atoms with Crippen molar-refractivity contribution in [2.45, 2.75) is 19.8 Å². The Bertz CT molecular complexity index is 565. The van der Waals surface area contributed by atoms with Gasteiger partial charge in [0.25, 0.3) is 0 Å². The van der Waals surface area contributed by atoms with E-state index in [2.05, 4.69) is 4.18 Å². The molecule has 1 aromatic rings. The summed E-state index contributed by atoms with van der Waals surface area (Å²) >= 11 is 17.2. The number of benzene rings is 1. The van der Waals surface area contributed by atoms with Crippen LogP contribution >= 0.6 is 34.8 Å². The molecule has 0 aromatic heterocycles. The van der Waals surface area contributed by atoms with Crippen LogP contribution in [0.15, 0.2) is 12.1 Å². The molecule has 0 aliphatic heterocycles. The third kappa shape index (κ3) is 5.06. The van der Waals surface area contributed by atoms with Crippen LogP contribution in [0.25, 0.3) is 0 Å². The number of amides is 1. The van der Waals surface area contributed by atoms with Crippen LogP contribution in [-0.2, 0) is 15.1 Å². The van der Waals surface area contributed by atoms with E-state index in [1.807, 2.05) is 0 Å². The van der Waals surface area contributed by atoms with Gasteiger partial charge in [-0.3, -0.25) is 4.79 Å². The third-order valence-electron chi connectivity index (χ3n) is 1.87. The topological polar surface area (TPSA) is 72.5 Å². The average molecular weight is 347 g/mol. The fourth-order valence-electron chi connectivity index (χ4n) is 1.16. The molecule has 0 spiro atoms. The highest BCUT2D eigenvalue weighted by molar-refractivity contribution is 7.85. The number of nitrogens with one attached hydrogen (secondary N) is 1. The number of carbonyl (C=O) groups is 1. The molecule has 0 heterocycles. The molecule has 0 unspecified atom stereocenters. The average Bonchev–Trinajstić information content (AvgIpc) is 2.23. The zero-order valence-corrected chi connectivity index (χ0v) is 12.8. The molecule has 0 radical (unpaired) electrons. The number of carbonyl (C=O) groups excluding carboxylic acids is 1. The lowest BCUT2D eigenvalue weighted by Gasteiger charge is -2.10. The van der Waals surface area contributed by atoms with E-state index < -0.39 is 16.2 Å². The summed E-state index contributed by atoms with van der Waals surface area (Å²) in [5, 5.41) is 0.0754. The van der Waals surface area contributed by atoms with Gasteiger partial charge >= 0.3 is 10.3 Å². The Balaban J connectivity index is 2.93. The maximum atomic E-state index is 11.6. The van der Waals surface area contributed by atoms with Crippen LogP contribution in [0, 0.1) is 0 Å². The van der Waals surface area contributed by atoms with Gasteiger partial charge in [-0.05, 0) is 18.6 Å². The summed E-state index contributed by atoms with van der Waals surface area (Å²) in [5.41, 5.74) is 0. The lowest BCUT2D eigenvalue weighted by molar-refractivity contribution is -0.119. The highest BCUT2D eigenvalue weighted by Crippen LogP contribution is 2.36. The largest absolute Gasteiger partial charge is 0.409 e. The molecule has 0 aliphatic carbocycles. The second-order valence-electron chi connectivity index (χ2n) is 3.51. The van der Waals surface area contributed by atoms with Crippen LogP contribution in [0.5, 0.6) is 5.75 Å². The minimum absolute atomic E-state index is 0.0602. The summed E-state index contributed by atoms with van der Waals surface area (Å²) in [7, 11) is -4.33. The van der Waals surface area contributed by atoms with E-state index in [4.69, 9.17) is 34.8 Å². The molecule has 106 valence electrons. The van der Waals surface area contributed by atoms with Crippen LogP contribution in [0.3, 0.4) is 0 Å². The first-order valence-corrected chi connectivity index (χ1v) is 7.69. The Kier molecular flexibility index (Phi) is 5.73. The molecule has 0 saturated carbocycles. The normalized spacial score (nSPS) is 11.2. The molecule has 9 heteroatoms. The quantitative estimate of drug-likeness (QED) is 0.888. The van der Waals surface area contributed by atoms with Gasteiger partial charge in [-0.2, -0.15) is 8.42 Å². The maximum Gasteiger partial charge on any atom is 0.409 e. The molecular weight excluding hydrogens is 337 g/mol. The molecule has 19 heavy (non-hydrogen) atoms. The van der Waals surface area contributed by atoms with Crippen molar-refractivity contribution in [1.82, 2.24) is 4.72 Å². The van der Waals surface area contributed by atoms with Gasteiger partial charge < -0.3 is 4.18 Å². The molecule has 1 N–H and O–H groups in total. The number of halogens is 3. The zero-order chi connectivity index (χ0) is 14.6. The Morgan fingerprint density at radius 2 is 1.79 bits per heavy atom. The molecule has 1 rings (SSSR count). The van der Waals surface area contributed by atoms with Gasteiger partial charge in [0.15, 0.2) is 5.75 Å². The molecule has 0 bridgehead atoms. The molecule has 5 nitrogen and oxygen atoms in total. The van der Waals surface area contributed by atoms with Crippen LogP contribution in [0.4, 0.5) is 0 Å². The number of hydrogen-bond acceptors (Lipinski definition) is 4. The van der Waals surface area contributed by atoms with Crippen molar-refractivity contribution in [2.75, 3.05) is 0 Å². The Labute approximate surface area is 126 Å². The third-order valence-corrected chi connectivity index (χ3v) is 3.52. The molecular formula is C10H10Cl3NO4S. The van der Waals surface area contributed by atoms with Crippen molar-refractivity contribution >= 4 is 51.0 Å². The standard InChI is InChI=1S/C10H10Cl3NO4S/c1-2-3-9(15)14-19(16,17)18-10-7(12)4-6(11)5-8(10)13/h4-5H,2-3H2,1H3,(H,14,15). The lowest BCUT2D eigenvalue weighted by Crippen LogP contribution is -2.33. The summed E-state index contributed by atoms with van der Waals surface area (Å²) in [6, 6.07) is 2.54. The van der Waals surface area contributed by atoms with Crippen molar-refractivity contribution in [3.05, 3.63) is 27.2 Å². The van der Waals surface area contributed by atoms with Crippen LogP contribution in [0.2, 0.25) is 15.1 Å². The summed E-state index contributed by atoms with van der Waals surface area (Å²) in [4.78, 5) is 11.2. The molecule has 1 amide bonds. The predicted octanol–water partition coefficient (Wildman–Crippen LogP) is 3.19. The van der Waals surface area contributed by atoms with Gasteiger partial charge in [0.2, 0.25) is 5.91 Å². The van der Waals surface area contributed by atoms with E-state index in [1.165, 1.54) is 12.1 Å². The first-order valence-electron chi connectivity index (χ1n) is 5.14. The summed E-state index contributed by atoms with van der Waals surface area (Å²) in [6.45, 7) is 1.74. The van der Waals surface area contributed by atoms with E-state index >= 15 is 0 Å². The van der Waals surface area contributed by atoms with Crippen molar-refractivity contribution in [3.8, 4) is 5.75 Å². The van der Waals surface area contributed by atoms with Crippen molar-refractivity contribution < 1.29 is 17.4 Å². The number of rotatable bonds is 5. The molecule has 0 saturated heterocycles. The Morgan fingerprint density at radius 3 is 2.26 bits per heavy atom. The van der Waals surface area contributed by atoms with Gasteiger partial charge in [0.05, 0.1) is 10.0 Å². The van der Waals surface area contributed by atoms with Gasteiger partial charge in [0.1, 0.15) is 0 Å². The van der Waals surface area contributed by atoms with Crippen LogP contribution in [0.1, 0.15) is 19.8 Å². The highest BCUT2D eigenvalue weighted by atomic mass is 35.5. The lowest BCUT2D eigenvalue weighted by atomic mass is 10.3. The van der Waals surface area contributed by atoms with E-state index in [-0.39, 0.29) is 27.2 Å². The molecule has 0 fully saturated rings. The van der Waals surface area contributed by atoms with E-state index in [9.17, 15) is 13.2 Å². The minimum atomic E-state index is -4.33. The van der Waals surface area contributed by atoms with Gasteiger partial charge in [-0.1, -0.05) is 41.7 Å². The second-order valence-corrected chi connectivity index (χ2v) is 6.04. The second kappa shape index (κ2) is 6.65. The molecule has 0 aliphatic rings. The van der Waals surface area contributed by atoms with E-state index in [0.29, 0.717) is 6.42 Å². The van der Waals surface area contributed by atoms with Crippen molar-refractivity contribution in [2.24, 2.45) is 0 Å². The van der Waals surface area contributed by atoms with E-state index in [1.54, 1.807) is 11.6 Å². The summed E-state index contributed by atoms with van der Waals surface area (Å²) < 4.78 is 29.5. The van der Waals surface area contributed by atoms with Crippen LogP contribution < -0.4 is 8.91 Å². The first-order chi connectivity index (χ1) is 8.75. The molecule has 0 atom stereocenters. The minimum Gasteiger partial charge on any atom is -0.364 e. The molecule has 1 aromatic carbocycles. The Hall–Kier alpha value is -0.690. The van der Waals surface area contributed by atoms with Crippen molar-refractivity contribution in [3.63, 3.8) is 0 Å². The Morgan fingerprint density at radius 1 is 1.26 bits per heavy atom.